The third-order valence-electron chi connectivity index (χ3n) is 1.86. The summed E-state index contributed by atoms with van der Waals surface area (Å²) in [5.74, 6) is -0.662. The molecule has 0 aliphatic carbocycles. The first-order valence-electron chi connectivity index (χ1n) is 4.57. The first-order valence-corrected chi connectivity index (χ1v) is 4.94. The van der Waals surface area contributed by atoms with E-state index in [1.54, 1.807) is 13.8 Å². The van der Waals surface area contributed by atoms with Gasteiger partial charge in [-0.2, -0.15) is 0 Å². The molecule has 0 bridgehead atoms. The molecule has 1 rings (SSSR count). The second kappa shape index (κ2) is 4.29. The number of rotatable bonds is 3. The highest BCUT2D eigenvalue weighted by Gasteiger charge is 2.18. The summed E-state index contributed by atoms with van der Waals surface area (Å²) >= 11 is 5.57. The number of halogens is 2. The van der Waals surface area contributed by atoms with E-state index < -0.39 is 11.4 Å². The fraction of sp³-hybridized carbons (Fsp3) is 0.364. The molecule has 4 heteroatoms. The van der Waals surface area contributed by atoms with Crippen LogP contribution in [0.1, 0.15) is 30.6 Å². The van der Waals surface area contributed by atoms with E-state index in [0.717, 1.165) is 0 Å². The second-order valence-electron chi connectivity index (χ2n) is 4.22. The number of Topliss-reactive ketones (excluding diaryl/α,β-unsaturated/α-hetero) is 1. The van der Waals surface area contributed by atoms with Crippen molar-refractivity contribution in [2.45, 2.75) is 25.8 Å². The minimum absolute atomic E-state index is 0.0457. The van der Waals surface area contributed by atoms with Crippen LogP contribution in [0.2, 0.25) is 5.02 Å². The van der Waals surface area contributed by atoms with Crippen LogP contribution in [0.4, 0.5) is 4.39 Å². The Morgan fingerprint density at radius 3 is 2.60 bits per heavy atom. The largest absolute Gasteiger partial charge is 0.325 e. The number of nitrogens with two attached hydrogens (primary N) is 1. The van der Waals surface area contributed by atoms with Gasteiger partial charge in [0, 0.05) is 17.5 Å². The van der Waals surface area contributed by atoms with Gasteiger partial charge in [-0.1, -0.05) is 11.6 Å². The van der Waals surface area contributed by atoms with Gasteiger partial charge in [-0.05, 0) is 32.0 Å². The maximum Gasteiger partial charge on any atom is 0.164 e. The van der Waals surface area contributed by atoms with Gasteiger partial charge in [0.05, 0.1) is 5.02 Å². The van der Waals surface area contributed by atoms with Crippen LogP contribution in [-0.4, -0.2) is 11.3 Å². The van der Waals surface area contributed by atoms with E-state index in [1.807, 2.05) is 0 Å². The molecule has 82 valence electrons. The molecule has 2 nitrogen and oxygen atoms in total. The number of hydrogen-bond donors (Lipinski definition) is 1. The topological polar surface area (TPSA) is 43.1 Å². The third kappa shape index (κ3) is 3.61. The van der Waals surface area contributed by atoms with Crippen molar-refractivity contribution in [1.82, 2.24) is 0 Å². The Kier molecular flexibility index (Phi) is 3.47. The number of ketones is 1. The van der Waals surface area contributed by atoms with E-state index in [2.05, 4.69) is 0 Å². The Labute approximate surface area is 93.2 Å². The molecule has 0 aromatic heterocycles. The highest BCUT2D eigenvalue weighted by Crippen LogP contribution is 2.18. The van der Waals surface area contributed by atoms with Gasteiger partial charge < -0.3 is 5.73 Å². The Hall–Kier alpha value is -0.930. The zero-order valence-corrected chi connectivity index (χ0v) is 9.44. The number of carbonyl (C=O) groups excluding carboxylic acids is 1. The predicted octanol–water partition coefficient (Wildman–Crippen LogP) is 2.79. The van der Waals surface area contributed by atoms with Crippen LogP contribution in [0.5, 0.6) is 0 Å². The molecule has 0 radical (unpaired) electrons. The molecule has 1 aromatic rings. The molecule has 2 N–H and O–H groups in total. The summed E-state index contributed by atoms with van der Waals surface area (Å²) in [6.45, 7) is 3.52. The molecule has 0 unspecified atom stereocenters. The Balaban J connectivity index is 2.88. The molecule has 15 heavy (non-hydrogen) atoms. The Morgan fingerprint density at radius 1 is 1.53 bits per heavy atom. The van der Waals surface area contributed by atoms with Crippen molar-refractivity contribution in [2.24, 2.45) is 5.73 Å². The molecule has 0 aliphatic heterocycles. The van der Waals surface area contributed by atoms with Crippen molar-refractivity contribution >= 4 is 17.4 Å². The molecule has 0 spiro atoms. The lowest BCUT2D eigenvalue weighted by atomic mass is 9.95. The van der Waals surface area contributed by atoms with Crippen LogP contribution in [0.15, 0.2) is 18.2 Å². The lowest BCUT2D eigenvalue weighted by Crippen LogP contribution is -2.34. The highest BCUT2D eigenvalue weighted by atomic mass is 35.5. The molecule has 1 aromatic carbocycles. The third-order valence-corrected chi connectivity index (χ3v) is 2.15. The van der Waals surface area contributed by atoms with Gasteiger partial charge in [0.25, 0.3) is 0 Å². The van der Waals surface area contributed by atoms with Gasteiger partial charge in [-0.25, -0.2) is 4.39 Å². The first kappa shape index (κ1) is 12.1. The summed E-state index contributed by atoms with van der Waals surface area (Å²) in [5, 5.41) is -0.0457. The summed E-state index contributed by atoms with van der Waals surface area (Å²) in [6, 6.07) is 3.92. The lowest BCUT2D eigenvalue weighted by Gasteiger charge is -2.17. The normalized spacial score (nSPS) is 11.5. The molecule has 0 atom stereocenters. The summed E-state index contributed by atoms with van der Waals surface area (Å²) in [4.78, 5) is 11.7. The maximum absolute atomic E-state index is 12.8. The summed E-state index contributed by atoms with van der Waals surface area (Å²) < 4.78 is 12.8. The number of hydrogen-bond acceptors (Lipinski definition) is 2. The zero-order chi connectivity index (χ0) is 11.6. The SMILES string of the molecule is CC(C)(N)CC(=O)c1ccc(F)c(Cl)c1. The second-order valence-corrected chi connectivity index (χ2v) is 4.62. The molecule has 0 saturated heterocycles. The molecular formula is C11H13ClFNO. The molecule has 0 aliphatic rings. The average molecular weight is 230 g/mol. The van der Waals surface area contributed by atoms with Crippen molar-refractivity contribution in [3.8, 4) is 0 Å². The Bertz CT molecular complexity index is 385. The fourth-order valence-corrected chi connectivity index (χ4v) is 1.37. The van der Waals surface area contributed by atoms with Gasteiger partial charge in [0.15, 0.2) is 5.78 Å². The molecule has 0 saturated carbocycles. The highest BCUT2D eigenvalue weighted by molar-refractivity contribution is 6.31. The van der Waals surface area contributed by atoms with Crippen LogP contribution in [0.3, 0.4) is 0 Å². The molecule has 0 amide bonds. The minimum atomic E-state index is -0.571. The summed E-state index contributed by atoms with van der Waals surface area (Å²) in [5.41, 5.74) is 5.53. The van der Waals surface area contributed by atoms with Crippen LogP contribution in [0.25, 0.3) is 0 Å². The Morgan fingerprint density at radius 2 is 2.13 bits per heavy atom. The monoisotopic (exact) mass is 229 g/mol. The minimum Gasteiger partial charge on any atom is -0.325 e. The van der Waals surface area contributed by atoms with E-state index >= 15 is 0 Å². The fourth-order valence-electron chi connectivity index (χ4n) is 1.19. The van der Waals surface area contributed by atoms with Gasteiger partial charge in [-0.3, -0.25) is 4.79 Å². The van der Waals surface area contributed by atoms with E-state index in [0.29, 0.717) is 5.56 Å². The van der Waals surface area contributed by atoms with Crippen molar-refractivity contribution in [3.63, 3.8) is 0 Å². The lowest BCUT2D eigenvalue weighted by molar-refractivity contribution is 0.0960. The number of benzene rings is 1. The van der Waals surface area contributed by atoms with E-state index in [4.69, 9.17) is 17.3 Å². The van der Waals surface area contributed by atoms with Crippen molar-refractivity contribution in [1.29, 1.82) is 0 Å². The molecule has 0 fully saturated rings. The summed E-state index contributed by atoms with van der Waals surface area (Å²) in [7, 11) is 0. The molecule has 0 heterocycles. The maximum atomic E-state index is 12.8. The van der Waals surface area contributed by atoms with Crippen molar-refractivity contribution in [2.75, 3.05) is 0 Å². The average Bonchev–Trinajstić information content (AvgIpc) is 2.06. The van der Waals surface area contributed by atoms with Gasteiger partial charge in [0.1, 0.15) is 5.82 Å². The smallest absolute Gasteiger partial charge is 0.164 e. The molecular weight excluding hydrogens is 217 g/mol. The van der Waals surface area contributed by atoms with E-state index in [1.165, 1.54) is 18.2 Å². The first-order chi connectivity index (χ1) is 6.79. The standard InChI is InChI=1S/C11H13ClFNO/c1-11(2,14)6-10(15)7-3-4-9(13)8(12)5-7/h3-5H,6,14H2,1-2H3. The van der Waals surface area contributed by atoms with Gasteiger partial charge in [0.2, 0.25) is 0 Å². The van der Waals surface area contributed by atoms with Crippen LogP contribution in [-0.2, 0) is 0 Å². The predicted molar refractivity (Wildman–Crippen MR) is 58.6 cm³/mol. The van der Waals surface area contributed by atoms with E-state index in [9.17, 15) is 9.18 Å². The van der Waals surface area contributed by atoms with Crippen LogP contribution in [0, 0.1) is 5.82 Å². The summed E-state index contributed by atoms with van der Waals surface area (Å²) in [6.07, 6.45) is 0.203. The quantitative estimate of drug-likeness (QED) is 0.810. The number of carbonyl (C=O) groups is 1. The zero-order valence-electron chi connectivity index (χ0n) is 8.68. The van der Waals surface area contributed by atoms with Crippen molar-refractivity contribution in [3.05, 3.63) is 34.6 Å². The van der Waals surface area contributed by atoms with E-state index in [-0.39, 0.29) is 17.2 Å². The van der Waals surface area contributed by atoms with Gasteiger partial charge >= 0.3 is 0 Å². The van der Waals surface area contributed by atoms with Crippen molar-refractivity contribution < 1.29 is 9.18 Å². The van der Waals surface area contributed by atoms with Gasteiger partial charge in [-0.15, -0.1) is 0 Å². The van der Waals surface area contributed by atoms with Crippen LogP contribution >= 0.6 is 11.6 Å². The van der Waals surface area contributed by atoms with Crippen LogP contribution < -0.4 is 5.73 Å².